The third-order valence-electron chi connectivity index (χ3n) is 3.20. The highest BCUT2D eigenvalue weighted by molar-refractivity contribution is 9.09. The Hall–Kier alpha value is -2.90. The van der Waals surface area contributed by atoms with Gasteiger partial charge >= 0.3 is 0 Å². The van der Waals surface area contributed by atoms with Crippen molar-refractivity contribution in [1.29, 1.82) is 0 Å². The molecule has 0 bridgehead atoms. The molecule has 1 aromatic rings. The second kappa shape index (κ2) is 14.1. The van der Waals surface area contributed by atoms with Gasteiger partial charge in [-0.2, -0.15) is 5.01 Å². The second-order valence-corrected chi connectivity index (χ2v) is 6.18. The molecule has 1 heterocycles. The van der Waals surface area contributed by atoms with Crippen molar-refractivity contribution in [2.24, 2.45) is 15.3 Å². The minimum atomic E-state index is -0.530. The average Bonchev–Trinajstić information content (AvgIpc) is 2.75. The lowest BCUT2D eigenvalue weighted by Crippen LogP contribution is -2.23. The Kier molecular flexibility index (Phi) is 11.8. The van der Waals surface area contributed by atoms with Gasteiger partial charge in [0, 0.05) is 37.0 Å². The van der Waals surface area contributed by atoms with E-state index in [2.05, 4.69) is 83.6 Å². The average molecular weight is 540 g/mol. The number of rotatable bonds is 8. The van der Waals surface area contributed by atoms with Crippen LogP contribution in [-0.2, 0) is 0 Å². The molecule has 0 aliphatic carbocycles. The number of alkyl halides is 2. The Bertz CT molecular complexity index is 892. The van der Waals surface area contributed by atoms with Gasteiger partial charge in [0.25, 0.3) is 0 Å². The highest BCUT2D eigenvalue weighted by atomic mass is 79.9. The monoisotopic (exact) mass is 538 g/mol. The molecular weight excluding hydrogens is 519 g/mol. The number of halogens is 3. The number of dihydropyridines is 1. The van der Waals surface area contributed by atoms with E-state index in [-0.39, 0.29) is 17.1 Å². The first-order chi connectivity index (χ1) is 14.6. The summed E-state index contributed by atoms with van der Waals surface area (Å²) in [5.74, 6) is 0.715. The van der Waals surface area contributed by atoms with Gasteiger partial charge in [-0.05, 0) is 6.08 Å². The topological polar surface area (TPSA) is 73.6 Å². The number of anilines is 1. The lowest BCUT2D eigenvalue weighted by atomic mass is 10.3. The minimum Gasteiger partial charge on any atom is -0.456 e. The van der Waals surface area contributed by atoms with Crippen molar-refractivity contribution in [3.05, 3.63) is 73.6 Å². The van der Waals surface area contributed by atoms with Gasteiger partial charge in [-0.3, -0.25) is 4.99 Å². The Labute approximate surface area is 192 Å². The van der Waals surface area contributed by atoms with E-state index in [0.29, 0.717) is 29.0 Å². The SMILES string of the molecule is C#CN(N=NC(=C)/C(=N/CBr)NCBr)c1cc(F)cc(OC2=CNCC=C2)c1.C=C. The summed E-state index contributed by atoms with van der Waals surface area (Å²) in [4.78, 5) is 4.15. The van der Waals surface area contributed by atoms with Crippen LogP contribution in [0.5, 0.6) is 5.75 Å². The predicted molar refractivity (Wildman–Crippen MR) is 127 cm³/mol. The summed E-state index contributed by atoms with van der Waals surface area (Å²) in [7, 11) is 0. The molecule has 10 heteroatoms. The summed E-state index contributed by atoms with van der Waals surface area (Å²) in [5, 5.41) is 14.9. The predicted octanol–water partition coefficient (Wildman–Crippen LogP) is 4.98. The fraction of sp³-hybridized carbons (Fsp3) is 0.150. The van der Waals surface area contributed by atoms with E-state index in [4.69, 9.17) is 11.2 Å². The van der Waals surface area contributed by atoms with Crippen LogP contribution in [0.4, 0.5) is 10.1 Å². The molecule has 1 aliphatic rings. The molecule has 1 aliphatic heterocycles. The number of benzene rings is 1. The van der Waals surface area contributed by atoms with Crippen LogP contribution in [0.15, 0.2) is 83.1 Å². The highest BCUT2D eigenvalue weighted by Crippen LogP contribution is 2.25. The molecule has 0 atom stereocenters. The zero-order chi connectivity index (χ0) is 22.4. The third kappa shape index (κ3) is 8.23. The number of nitrogens with one attached hydrogen (secondary N) is 2. The zero-order valence-corrected chi connectivity index (χ0v) is 19.3. The molecule has 0 spiro atoms. The summed E-state index contributed by atoms with van der Waals surface area (Å²) in [5.41, 5.74) is 1.35. The number of hydrogen-bond donors (Lipinski definition) is 2. The molecule has 0 fully saturated rings. The summed E-state index contributed by atoms with van der Waals surface area (Å²) in [6, 6.07) is 6.35. The minimum absolute atomic E-state index is 0.260. The normalized spacial score (nSPS) is 12.7. The largest absolute Gasteiger partial charge is 0.456 e. The summed E-state index contributed by atoms with van der Waals surface area (Å²) >= 11 is 6.45. The van der Waals surface area contributed by atoms with E-state index in [1.807, 2.05) is 6.08 Å². The van der Waals surface area contributed by atoms with Gasteiger partial charge in [-0.15, -0.1) is 18.3 Å². The maximum absolute atomic E-state index is 14.0. The lowest BCUT2D eigenvalue weighted by molar-refractivity contribution is 0.433. The first kappa shape index (κ1) is 25.1. The number of terminal acetylenes is 1. The Morgan fingerprint density at radius 2 is 2.13 bits per heavy atom. The summed E-state index contributed by atoms with van der Waals surface area (Å²) in [6.07, 6.45) is 10.9. The Balaban J connectivity index is 0.00000218. The van der Waals surface area contributed by atoms with E-state index in [1.54, 1.807) is 18.3 Å². The van der Waals surface area contributed by atoms with E-state index in [1.165, 1.54) is 12.1 Å². The molecule has 2 rings (SSSR count). The number of ether oxygens (including phenoxy) is 1. The van der Waals surface area contributed by atoms with Gasteiger partial charge in [0.2, 0.25) is 0 Å². The number of aliphatic imine (C=N–C) groups is 1. The van der Waals surface area contributed by atoms with Crippen molar-refractivity contribution >= 4 is 43.4 Å². The van der Waals surface area contributed by atoms with Crippen LogP contribution in [0.3, 0.4) is 0 Å². The third-order valence-corrected chi connectivity index (χ3v) is 3.73. The molecule has 1 aromatic carbocycles. The molecule has 0 aromatic heterocycles. The molecular formula is C20H21Br2FN6O. The second-order valence-electron chi connectivity index (χ2n) is 5.12. The molecule has 30 heavy (non-hydrogen) atoms. The van der Waals surface area contributed by atoms with E-state index < -0.39 is 5.82 Å². The summed E-state index contributed by atoms with van der Waals surface area (Å²) < 4.78 is 19.7. The van der Waals surface area contributed by atoms with Crippen molar-refractivity contribution in [2.75, 3.05) is 22.5 Å². The van der Waals surface area contributed by atoms with Crippen molar-refractivity contribution in [2.45, 2.75) is 0 Å². The number of hydrogen-bond acceptors (Lipinski definition) is 5. The fourth-order valence-electron chi connectivity index (χ4n) is 2.05. The fourth-order valence-corrected chi connectivity index (χ4v) is 2.57. The van der Waals surface area contributed by atoms with Gasteiger partial charge in [0.1, 0.15) is 28.9 Å². The van der Waals surface area contributed by atoms with Crippen LogP contribution in [0, 0.1) is 18.3 Å². The molecule has 2 N–H and O–H groups in total. The zero-order valence-electron chi connectivity index (χ0n) is 16.1. The molecule has 158 valence electrons. The van der Waals surface area contributed by atoms with Crippen LogP contribution in [0.1, 0.15) is 0 Å². The first-order valence-corrected chi connectivity index (χ1v) is 10.7. The molecule has 0 unspecified atom stereocenters. The van der Waals surface area contributed by atoms with Gasteiger partial charge < -0.3 is 15.4 Å². The van der Waals surface area contributed by atoms with Crippen LogP contribution in [0.2, 0.25) is 0 Å². The maximum atomic E-state index is 14.0. The molecule has 0 radical (unpaired) electrons. The Morgan fingerprint density at radius 3 is 2.73 bits per heavy atom. The maximum Gasteiger partial charge on any atom is 0.150 e. The summed E-state index contributed by atoms with van der Waals surface area (Å²) in [6.45, 7) is 10.5. The molecule has 0 amide bonds. The standard InChI is InChI=1S/C18H17Br2FN6O.C2H4/c1-3-27(26-25-13(2)18(23-11-19)24-12-20)15-7-14(21)8-17(9-15)28-16-5-4-6-22-10-16;1-2/h1,4-5,7-10,22H,2,6,11-12H2,(H,23,24);1-2H2. The smallest absolute Gasteiger partial charge is 0.150 e. The van der Waals surface area contributed by atoms with E-state index >= 15 is 0 Å². The van der Waals surface area contributed by atoms with E-state index in [0.717, 1.165) is 5.01 Å². The Morgan fingerprint density at radius 1 is 1.37 bits per heavy atom. The quantitative estimate of drug-likeness (QED) is 0.0562. The number of nitrogens with zero attached hydrogens (tertiary/aromatic N) is 4. The van der Waals surface area contributed by atoms with Crippen molar-refractivity contribution in [3.63, 3.8) is 0 Å². The van der Waals surface area contributed by atoms with Crippen LogP contribution < -0.4 is 20.4 Å². The van der Waals surface area contributed by atoms with Crippen molar-refractivity contribution in [3.8, 4) is 18.2 Å². The van der Waals surface area contributed by atoms with Crippen LogP contribution >= 0.6 is 31.9 Å². The molecule has 0 saturated heterocycles. The molecule has 7 nitrogen and oxygen atoms in total. The van der Waals surface area contributed by atoms with E-state index in [9.17, 15) is 4.39 Å². The first-order valence-electron chi connectivity index (χ1n) is 8.43. The van der Waals surface area contributed by atoms with Crippen molar-refractivity contribution in [1.82, 2.24) is 10.6 Å². The number of allylic oxidation sites excluding steroid dienone is 1. The molecule has 0 saturated carbocycles. The van der Waals surface area contributed by atoms with Gasteiger partial charge in [0.15, 0.2) is 0 Å². The highest BCUT2D eigenvalue weighted by Gasteiger charge is 2.10. The number of amidine groups is 1. The van der Waals surface area contributed by atoms with Crippen LogP contribution in [0.25, 0.3) is 0 Å². The van der Waals surface area contributed by atoms with Gasteiger partial charge in [-0.25, -0.2) is 4.39 Å². The van der Waals surface area contributed by atoms with Crippen LogP contribution in [-0.4, -0.2) is 23.3 Å². The van der Waals surface area contributed by atoms with Gasteiger partial charge in [0.05, 0.1) is 16.6 Å². The lowest BCUT2D eigenvalue weighted by Gasteiger charge is -2.14. The van der Waals surface area contributed by atoms with Gasteiger partial charge in [-0.1, -0.05) is 56.2 Å². The van der Waals surface area contributed by atoms with Crippen molar-refractivity contribution < 1.29 is 9.13 Å².